The van der Waals surface area contributed by atoms with Gasteiger partial charge in [-0.25, -0.2) is 30.0 Å². The van der Waals surface area contributed by atoms with Crippen molar-refractivity contribution < 1.29 is 23.9 Å². The number of carbonyl (C=O) groups excluding carboxylic acids is 3. The van der Waals surface area contributed by atoms with Crippen LogP contribution in [0.2, 0.25) is 0 Å². The van der Waals surface area contributed by atoms with Crippen molar-refractivity contribution in [1.82, 2.24) is 25.3 Å². The Kier molecular flexibility index (Phi) is 8.93. The van der Waals surface area contributed by atoms with Gasteiger partial charge in [0.1, 0.15) is 22.7 Å². The van der Waals surface area contributed by atoms with Crippen LogP contribution in [0.5, 0.6) is 0 Å². The minimum Gasteiger partial charge on any atom is -0.444 e. The van der Waals surface area contributed by atoms with Gasteiger partial charge in [-0.05, 0) is 76.9 Å². The summed E-state index contributed by atoms with van der Waals surface area (Å²) in [4.78, 5) is 55.3. The normalized spacial score (nSPS) is 13.8. The Balaban J connectivity index is 1.51. The zero-order valence-corrected chi connectivity index (χ0v) is 24.8. The number of piperazine rings is 1. The Morgan fingerprint density at radius 1 is 0.833 bits per heavy atom. The molecule has 42 heavy (non-hydrogen) atoms. The van der Waals surface area contributed by atoms with Crippen molar-refractivity contribution >= 4 is 29.6 Å². The number of benzene rings is 1. The molecule has 1 N–H and O–H groups in total. The lowest BCUT2D eigenvalue weighted by molar-refractivity contribution is 0.0240. The first-order valence-electron chi connectivity index (χ1n) is 13.7. The molecular weight excluding hydrogens is 538 g/mol. The van der Waals surface area contributed by atoms with Crippen molar-refractivity contribution in [1.29, 1.82) is 0 Å². The molecule has 2 aromatic heterocycles. The van der Waals surface area contributed by atoms with Gasteiger partial charge in [-0.15, -0.1) is 0 Å². The Labute approximate surface area is 245 Å². The minimum atomic E-state index is -0.794. The molecule has 0 bridgehead atoms. The third-order valence-corrected chi connectivity index (χ3v) is 6.04. The monoisotopic (exact) mass is 575 g/mol. The van der Waals surface area contributed by atoms with Crippen molar-refractivity contribution in [2.24, 2.45) is 0 Å². The van der Waals surface area contributed by atoms with Crippen LogP contribution in [0.3, 0.4) is 0 Å². The van der Waals surface area contributed by atoms with E-state index in [4.69, 9.17) is 9.47 Å². The Morgan fingerprint density at radius 2 is 1.50 bits per heavy atom. The number of pyridine rings is 1. The van der Waals surface area contributed by atoms with E-state index in [1.165, 1.54) is 12.4 Å². The Bertz CT molecular complexity index is 1390. The fourth-order valence-corrected chi connectivity index (χ4v) is 4.15. The van der Waals surface area contributed by atoms with E-state index in [1.54, 1.807) is 56.3 Å². The van der Waals surface area contributed by atoms with Gasteiger partial charge in [0, 0.05) is 38.6 Å². The summed E-state index contributed by atoms with van der Waals surface area (Å²) in [5.41, 5.74) is 3.38. The summed E-state index contributed by atoms with van der Waals surface area (Å²) in [5.74, 6) is -0.0248. The number of ether oxygens (including phenoxy) is 2. The maximum absolute atomic E-state index is 13.7. The number of aromatic nitrogens is 3. The maximum Gasteiger partial charge on any atom is 0.427 e. The van der Waals surface area contributed by atoms with Crippen LogP contribution in [-0.4, -0.2) is 75.3 Å². The lowest BCUT2D eigenvalue weighted by Gasteiger charge is -2.36. The summed E-state index contributed by atoms with van der Waals surface area (Å²) in [5, 5.41) is 1.10. The van der Waals surface area contributed by atoms with Crippen LogP contribution >= 0.6 is 0 Å². The number of rotatable bonds is 4. The predicted octanol–water partition coefficient (Wildman–Crippen LogP) is 4.68. The number of anilines is 2. The molecule has 3 aromatic rings. The molecule has 1 aliphatic rings. The molecule has 12 nitrogen and oxygen atoms in total. The summed E-state index contributed by atoms with van der Waals surface area (Å²) < 4.78 is 10.9. The average molecular weight is 576 g/mol. The summed E-state index contributed by atoms with van der Waals surface area (Å²) in [6.45, 7) is 12.7. The number of carbonyl (C=O) groups is 3. The van der Waals surface area contributed by atoms with E-state index in [9.17, 15) is 14.4 Å². The Hall–Kier alpha value is -4.74. The Morgan fingerprint density at radius 3 is 2.10 bits per heavy atom. The molecular formula is C30H37N7O5. The zero-order chi connectivity index (χ0) is 30.5. The predicted molar refractivity (Wildman–Crippen MR) is 158 cm³/mol. The van der Waals surface area contributed by atoms with Crippen LogP contribution in [-0.2, 0) is 9.47 Å². The van der Waals surface area contributed by atoms with E-state index in [2.05, 4.69) is 20.4 Å². The highest BCUT2D eigenvalue weighted by molar-refractivity contribution is 6.05. The van der Waals surface area contributed by atoms with Crippen LogP contribution in [0.15, 0.2) is 61.2 Å². The molecule has 3 amide bonds. The van der Waals surface area contributed by atoms with E-state index >= 15 is 0 Å². The maximum atomic E-state index is 13.7. The number of nitrogens with zero attached hydrogens (tertiary/aromatic N) is 6. The van der Waals surface area contributed by atoms with Crippen molar-refractivity contribution in [2.75, 3.05) is 36.1 Å². The van der Waals surface area contributed by atoms with Gasteiger partial charge in [-0.2, -0.15) is 0 Å². The number of nitrogens with one attached hydrogen (secondary N) is 1. The van der Waals surface area contributed by atoms with Gasteiger partial charge in [0.2, 0.25) is 0 Å². The third kappa shape index (κ3) is 8.15. The summed E-state index contributed by atoms with van der Waals surface area (Å²) in [6.07, 6.45) is 5.10. The molecule has 0 atom stereocenters. The van der Waals surface area contributed by atoms with Gasteiger partial charge in [0.15, 0.2) is 0 Å². The summed E-state index contributed by atoms with van der Waals surface area (Å²) >= 11 is 0. The molecule has 0 saturated carbocycles. The second-order valence-corrected chi connectivity index (χ2v) is 11.8. The van der Waals surface area contributed by atoms with E-state index in [1.807, 2.05) is 43.9 Å². The van der Waals surface area contributed by atoms with Gasteiger partial charge in [0.05, 0.1) is 18.1 Å². The quantitative estimate of drug-likeness (QED) is 0.441. The van der Waals surface area contributed by atoms with E-state index in [0.717, 1.165) is 16.1 Å². The van der Waals surface area contributed by atoms with Gasteiger partial charge in [-0.1, -0.05) is 12.1 Å². The lowest BCUT2D eigenvalue weighted by Crippen LogP contribution is -2.50. The third-order valence-electron chi connectivity index (χ3n) is 6.04. The van der Waals surface area contributed by atoms with Crippen molar-refractivity contribution in [3.63, 3.8) is 0 Å². The topological polar surface area (TPSA) is 130 Å². The first-order valence-corrected chi connectivity index (χ1v) is 13.7. The van der Waals surface area contributed by atoms with Crippen molar-refractivity contribution in [3.8, 4) is 11.1 Å². The molecule has 1 aromatic carbocycles. The highest BCUT2D eigenvalue weighted by Gasteiger charge is 2.28. The highest BCUT2D eigenvalue weighted by atomic mass is 16.6. The average Bonchev–Trinajstić information content (AvgIpc) is 2.94. The minimum absolute atomic E-state index is 0.0245. The first-order chi connectivity index (χ1) is 19.8. The standard InChI is InChI=1S/C30H37N7O5/c1-29(2,3)41-27(39)34-37(23-9-7-8-22(18-23)21-10-12-31-13-11-21)26(38)24-19-33-25(20-32-24)35-14-16-36(17-15-35)28(40)42-30(4,5)6/h7-13,18-20H,14-17H2,1-6H3,(H,34,39). The van der Waals surface area contributed by atoms with Crippen molar-refractivity contribution in [2.45, 2.75) is 52.7 Å². The molecule has 0 radical (unpaired) electrons. The molecule has 222 valence electrons. The number of hydrazine groups is 1. The molecule has 12 heteroatoms. The van der Waals surface area contributed by atoms with E-state index < -0.39 is 23.2 Å². The largest absolute Gasteiger partial charge is 0.444 e. The van der Waals surface area contributed by atoms with Crippen molar-refractivity contribution in [3.05, 3.63) is 66.9 Å². The van der Waals surface area contributed by atoms with Crippen LogP contribution in [0, 0.1) is 0 Å². The molecule has 0 spiro atoms. The lowest BCUT2D eigenvalue weighted by atomic mass is 10.1. The molecule has 1 saturated heterocycles. The van der Waals surface area contributed by atoms with Gasteiger partial charge >= 0.3 is 12.2 Å². The second kappa shape index (κ2) is 12.4. The first kappa shape index (κ1) is 30.2. The van der Waals surface area contributed by atoms with Gasteiger partial charge in [0.25, 0.3) is 5.91 Å². The fourth-order valence-electron chi connectivity index (χ4n) is 4.15. The SMILES string of the molecule is CC(C)(C)OC(=O)NN(C(=O)c1cnc(N2CCN(C(=O)OC(C)(C)C)CC2)cn1)c1cccc(-c2ccncc2)c1. The van der Waals surface area contributed by atoms with Crippen LogP contribution < -0.4 is 15.3 Å². The number of amides is 3. The van der Waals surface area contributed by atoms with Crippen LogP contribution in [0.4, 0.5) is 21.1 Å². The summed E-state index contributed by atoms with van der Waals surface area (Å²) in [7, 11) is 0. The molecule has 1 fully saturated rings. The van der Waals surface area contributed by atoms with Gasteiger partial charge < -0.3 is 19.3 Å². The fraction of sp³-hybridized carbons (Fsp3) is 0.400. The molecule has 3 heterocycles. The van der Waals surface area contributed by atoms with Crippen LogP contribution in [0.25, 0.3) is 11.1 Å². The van der Waals surface area contributed by atoms with E-state index in [0.29, 0.717) is 37.7 Å². The number of hydrogen-bond donors (Lipinski definition) is 1. The van der Waals surface area contributed by atoms with Crippen LogP contribution in [0.1, 0.15) is 52.0 Å². The highest BCUT2D eigenvalue weighted by Crippen LogP contribution is 2.25. The molecule has 1 aliphatic heterocycles. The van der Waals surface area contributed by atoms with Gasteiger partial charge in [-0.3, -0.25) is 9.78 Å². The zero-order valence-electron chi connectivity index (χ0n) is 24.8. The second-order valence-electron chi connectivity index (χ2n) is 11.8. The molecule has 0 unspecified atom stereocenters. The molecule has 4 rings (SSSR count). The molecule has 0 aliphatic carbocycles. The summed E-state index contributed by atoms with van der Waals surface area (Å²) in [6, 6.07) is 10.9. The van der Waals surface area contributed by atoms with E-state index in [-0.39, 0.29) is 11.8 Å². The number of hydrogen-bond acceptors (Lipinski definition) is 9. The smallest absolute Gasteiger partial charge is 0.427 e.